The van der Waals surface area contributed by atoms with E-state index in [-0.39, 0.29) is 5.54 Å². The van der Waals surface area contributed by atoms with Crippen LogP contribution in [0.15, 0.2) is 0 Å². The van der Waals surface area contributed by atoms with Crippen molar-refractivity contribution < 1.29 is 0 Å². The van der Waals surface area contributed by atoms with E-state index in [1.54, 1.807) is 0 Å². The van der Waals surface area contributed by atoms with Crippen LogP contribution in [0.2, 0.25) is 0 Å². The highest BCUT2D eigenvalue weighted by atomic mass is 14.8. The van der Waals surface area contributed by atoms with Gasteiger partial charge >= 0.3 is 0 Å². The summed E-state index contributed by atoms with van der Waals surface area (Å²) in [5.74, 6) is 0.747. The standard InChI is InChI=1S/C15H31N/c1-3-4-5-6-7-9-12-15(16)13-10-8-11-14(15)2/h14H,3-13,16H2,1-2H3. The molecule has 96 valence electrons. The summed E-state index contributed by atoms with van der Waals surface area (Å²) < 4.78 is 0. The SMILES string of the molecule is CCCCCCCCC1(N)CCCCC1C. The van der Waals surface area contributed by atoms with Crippen LogP contribution in [0.3, 0.4) is 0 Å². The third-order valence-corrected chi connectivity index (χ3v) is 4.51. The molecule has 0 heterocycles. The Bertz CT molecular complexity index is 178. The van der Waals surface area contributed by atoms with E-state index in [4.69, 9.17) is 5.73 Å². The molecule has 0 aliphatic heterocycles. The Hall–Kier alpha value is -0.0400. The van der Waals surface area contributed by atoms with Crippen LogP contribution in [0.25, 0.3) is 0 Å². The molecule has 2 unspecified atom stereocenters. The fraction of sp³-hybridized carbons (Fsp3) is 1.00. The minimum Gasteiger partial charge on any atom is -0.325 e. The van der Waals surface area contributed by atoms with Crippen molar-refractivity contribution in [2.45, 2.75) is 90.0 Å². The van der Waals surface area contributed by atoms with Gasteiger partial charge in [0.15, 0.2) is 0 Å². The largest absolute Gasteiger partial charge is 0.325 e. The lowest BCUT2D eigenvalue weighted by molar-refractivity contribution is 0.187. The molecular weight excluding hydrogens is 194 g/mol. The average molecular weight is 225 g/mol. The predicted molar refractivity (Wildman–Crippen MR) is 72.5 cm³/mol. The third-order valence-electron chi connectivity index (χ3n) is 4.51. The molecule has 1 aliphatic carbocycles. The summed E-state index contributed by atoms with van der Waals surface area (Å²) in [5, 5.41) is 0. The molecule has 1 aliphatic rings. The van der Waals surface area contributed by atoms with Gasteiger partial charge in [-0.15, -0.1) is 0 Å². The van der Waals surface area contributed by atoms with Crippen molar-refractivity contribution in [3.63, 3.8) is 0 Å². The van der Waals surface area contributed by atoms with E-state index in [0.717, 1.165) is 5.92 Å². The molecular formula is C15H31N. The highest BCUT2D eigenvalue weighted by molar-refractivity contribution is 4.91. The number of unbranched alkanes of at least 4 members (excludes halogenated alkanes) is 5. The summed E-state index contributed by atoms with van der Waals surface area (Å²) in [6.07, 6.45) is 15.0. The van der Waals surface area contributed by atoms with E-state index in [1.165, 1.54) is 70.6 Å². The van der Waals surface area contributed by atoms with Crippen molar-refractivity contribution in [2.24, 2.45) is 11.7 Å². The Morgan fingerprint density at radius 2 is 1.75 bits per heavy atom. The van der Waals surface area contributed by atoms with Gasteiger partial charge in [0.25, 0.3) is 0 Å². The molecule has 2 atom stereocenters. The van der Waals surface area contributed by atoms with Gasteiger partial charge in [-0.25, -0.2) is 0 Å². The van der Waals surface area contributed by atoms with Crippen LogP contribution < -0.4 is 5.73 Å². The Morgan fingerprint density at radius 1 is 1.06 bits per heavy atom. The number of nitrogens with two attached hydrogens (primary N) is 1. The zero-order chi connectivity index (χ0) is 11.9. The van der Waals surface area contributed by atoms with Crippen LogP contribution in [-0.4, -0.2) is 5.54 Å². The van der Waals surface area contributed by atoms with Crippen molar-refractivity contribution in [1.29, 1.82) is 0 Å². The number of hydrogen-bond acceptors (Lipinski definition) is 1. The zero-order valence-electron chi connectivity index (χ0n) is 11.4. The maximum absolute atomic E-state index is 6.54. The molecule has 1 nitrogen and oxygen atoms in total. The van der Waals surface area contributed by atoms with Crippen LogP contribution >= 0.6 is 0 Å². The van der Waals surface area contributed by atoms with Gasteiger partial charge in [0.2, 0.25) is 0 Å². The molecule has 16 heavy (non-hydrogen) atoms. The van der Waals surface area contributed by atoms with Crippen molar-refractivity contribution in [2.75, 3.05) is 0 Å². The normalized spacial score (nSPS) is 30.6. The molecule has 0 radical (unpaired) electrons. The molecule has 1 heteroatoms. The fourth-order valence-corrected chi connectivity index (χ4v) is 3.04. The summed E-state index contributed by atoms with van der Waals surface area (Å²) in [4.78, 5) is 0. The zero-order valence-corrected chi connectivity index (χ0v) is 11.4. The van der Waals surface area contributed by atoms with Crippen molar-refractivity contribution in [1.82, 2.24) is 0 Å². The van der Waals surface area contributed by atoms with E-state index in [9.17, 15) is 0 Å². The Balaban J connectivity index is 2.10. The van der Waals surface area contributed by atoms with Gasteiger partial charge in [-0.1, -0.05) is 65.2 Å². The first kappa shape index (κ1) is 14.0. The van der Waals surface area contributed by atoms with E-state index in [1.807, 2.05) is 0 Å². The summed E-state index contributed by atoms with van der Waals surface area (Å²) in [6, 6.07) is 0. The van der Waals surface area contributed by atoms with Gasteiger partial charge in [0, 0.05) is 5.54 Å². The Morgan fingerprint density at radius 3 is 2.44 bits per heavy atom. The van der Waals surface area contributed by atoms with Crippen LogP contribution in [0.4, 0.5) is 0 Å². The summed E-state index contributed by atoms with van der Waals surface area (Å²) in [6.45, 7) is 4.63. The summed E-state index contributed by atoms with van der Waals surface area (Å²) in [7, 11) is 0. The van der Waals surface area contributed by atoms with E-state index in [2.05, 4.69) is 13.8 Å². The van der Waals surface area contributed by atoms with E-state index >= 15 is 0 Å². The molecule has 1 saturated carbocycles. The van der Waals surface area contributed by atoms with Crippen LogP contribution in [0.1, 0.15) is 84.5 Å². The summed E-state index contributed by atoms with van der Waals surface area (Å²) >= 11 is 0. The second-order valence-corrected chi connectivity index (χ2v) is 5.90. The first-order valence-corrected chi connectivity index (χ1v) is 7.48. The second kappa shape index (κ2) is 7.32. The smallest absolute Gasteiger partial charge is 0.0180 e. The van der Waals surface area contributed by atoms with Gasteiger partial charge in [-0.3, -0.25) is 0 Å². The quantitative estimate of drug-likeness (QED) is 0.627. The second-order valence-electron chi connectivity index (χ2n) is 5.90. The highest BCUT2D eigenvalue weighted by Gasteiger charge is 2.33. The van der Waals surface area contributed by atoms with Gasteiger partial charge in [-0.05, 0) is 25.2 Å². The lowest BCUT2D eigenvalue weighted by Gasteiger charge is -2.39. The summed E-state index contributed by atoms with van der Waals surface area (Å²) in [5.41, 5.74) is 6.73. The first-order valence-electron chi connectivity index (χ1n) is 7.48. The van der Waals surface area contributed by atoms with Crippen molar-refractivity contribution >= 4 is 0 Å². The molecule has 2 N–H and O–H groups in total. The predicted octanol–water partition coefficient (Wildman–Crippen LogP) is 4.64. The lowest BCUT2D eigenvalue weighted by atomic mass is 9.71. The van der Waals surface area contributed by atoms with Gasteiger partial charge in [-0.2, -0.15) is 0 Å². The highest BCUT2D eigenvalue weighted by Crippen LogP contribution is 2.35. The van der Waals surface area contributed by atoms with Gasteiger partial charge in [0.05, 0.1) is 0 Å². The average Bonchev–Trinajstić information content (AvgIpc) is 2.28. The Kier molecular flexibility index (Phi) is 6.41. The van der Waals surface area contributed by atoms with Crippen molar-refractivity contribution in [3.8, 4) is 0 Å². The molecule has 0 saturated heterocycles. The van der Waals surface area contributed by atoms with E-state index in [0.29, 0.717) is 0 Å². The van der Waals surface area contributed by atoms with Crippen LogP contribution in [0.5, 0.6) is 0 Å². The molecule has 1 fully saturated rings. The maximum atomic E-state index is 6.54. The molecule has 1 rings (SSSR count). The molecule has 0 amide bonds. The minimum absolute atomic E-state index is 0.184. The molecule has 0 aromatic carbocycles. The fourth-order valence-electron chi connectivity index (χ4n) is 3.04. The van der Waals surface area contributed by atoms with Crippen LogP contribution in [0, 0.1) is 5.92 Å². The monoisotopic (exact) mass is 225 g/mol. The minimum atomic E-state index is 0.184. The molecule has 0 bridgehead atoms. The maximum Gasteiger partial charge on any atom is 0.0180 e. The van der Waals surface area contributed by atoms with Gasteiger partial charge < -0.3 is 5.73 Å². The molecule has 0 aromatic rings. The topological polar surface area (TPSA) is 26.0 Å². The molecule has 0 aromatic heterocycles. The van der Waals surface area contributed by atoms with Crippen molar-refractivity contribution in [3.05, 3.63) is 0 Å². The lowest BCUT2D eigenvalue weighted by Crippen LogP contribution is -2.47. The van der Waals surface area contributed by atoms with E-state index < -0.39 is 0 Å². The number of rotatable bonds is 7. The first-order chi connectivity index (χ1) is 7.69. The Labute approximate surface area is 102 Å². The van der Waals surface area contributed by atoms with Gasteiger partial charge in [0.1, 0.15) is 0 Å². The third kappa shape index (κ3) is 4.45. The molecule has 0 spiro atoms. The number of hydrogen-bond donors (Lipinski definition) is 1. The van der Waals surface area contributed by atoms with Crippen LogP contribution in [-0.2, 0) is 0 Å².